The number of Topliss-reactive ketones (excluding diaryl/α,β-unsaturated/α-hetero) is 1. The summed E-state index contributed by atoms with van der Waals surface area (Å²) in [4.78, 5) is 24.6. The zero-order chi connectivity index (χ0) is 14.0. The predicted octanol–water partition coefficient (Wildman–Crippen LogP) is 2.66. The summed E-state index contributed by atoms with van der Waals surface area (Å²) in [7, 11) is 1.26. The van der Waals surface area contributed by atoms with Crippen LogP contribution >= 0.6 is 11.6 Å². The summed E-state index contributed by atoms with van der Waals surface area (Å²) in [5, 5.41) is 2.98. The molecule has 1 aromatic rings. The molecular formula is C14H14ClNO3. The van der Waals surface area contributed by atoms with Crippen LogP contribution < -0.4 is 5.32 Å². The van der Waals surface area contributed by atoms with Crippen molar-refractivity contribution in [2.24, 2.45) is 0 Å². The molecule has 1 aliphatic rings. The molecule has 0 amide bonds. The fraction of sp³-hybridized carbons (Fsp3) is 0.286. The Morgan fingerprint density at radius 2 is 2.26 bits per heavy atom. The van der Waals surface area contributed by atoms with E-state index >= 15 is 0 Å². The van der Waals surface area contributed by atoms with Crippen LogP contribution in [0.5, 0.6) is 0 Å². The molecule has 2 rings (SSSR count). The van der Waals surface area contributed by atoms with E-state index in [1.165, 1.54) is 12.6 Å². The summed E-state index contributed by atoms with van der Waals surface area (Å²) in [6, 6.07) is 5.43. The highest BCUT2D eigenvalue weighted by Gasteiger charge is 2.51. The summed E-state index contributed by atoms with van der Waals surface area (Å²) in [6.45, 7) is 1.89. The molecule has 0 spiro atoms. The first-order chi connectivity index (χ1) is 9.05. The van der Waals surface area contributed by atoms with E-state index in [-0.39, 0.29) is 12.2 Å². The summed E-state index contributed by atoms with van der Waals surface area (Å²) >= 11 is 5.50. The Labute approximate surface area is 116 Å². The van der Waals surface area contributed by atoms with Gasteiger partial charge in [0.25, 0.3) is 0 Å². The van der Waals surface area contributed by atoms with Crippen molar-refractivity contribution >= 4 is 29.0 Å². The number of esters is 1. The molecule has 1 atom stereocenters. The number of methoxy groups -OCH3 is 1. The summed E-state index contributed by atoms with van der Waals surface area (Å²) < 4.78 is 4.77. The Morgan fingerprint density at radius 3 is 2.89 bits per heavy atom. The molecular weight excluding hydrogens is 266 g/mol. The van der Waals surface area contributed by atoms with E-state index in [1.807, 2.05) is 13.0 Å². The maximum atomic E-state index is 12.5. The van der Waals surface area contributed by atoms with E-state index in [0.29, 0.717) is 11.3 Å². The third-order valence-corrected chi connectivity index (χ3v) is 3.38. The van der Waals surface area contributed by atoms with Gasteiger partial charge in [-0.15, -0.1) is 0 Å². The van der Waals surface area contributed by atoms with Crippen LogP contribution in [0.1, 0.15) is 22.3 Å². The quantitative estimate of drug-likeness (QED) is 0.683. The molecule has 4 nitrogen and oxygen atoms in total. The maximum Gasteiger partial charge on any atom is 0.340 e. The van der Waals surface area contributed by atoms with Gasteiger partial charge in [0, 0.05) is 23.2 Å². The fourth-order valence-corrected chi connectivity index (χ4v) is 2.33. The van der Waals surface area contributed by atoms with Crippen molar-refractivity contribution in [3.63, 3.8) is 0 Å². The standard InChI is InChI=1S/C14H14ClNO3/c1-9-4-5-11-10(8-9)12(17)14(16-11,6-3-7-15)13(18)19-2/h3-5,7-8,16H,6H2,1-2H3/b7-3+. The molecule has 1 aliphatic heterocycles. The summed E-state index contributed by atoms with van der Waals surface area (Å²) in [5.41, 5.74) is 1.99. The zero-order valence-corrected chi connectivity index (χ0v) is 11.5. The van der Waals surface area contributed by atoms with Gasteiger partial charge in [-0.1, -0.05) is 29.3 Å². The fourth-order valence-electron chi connectivity index (χ4n) is 2.24. The van der Waals surface area contributed by atoms with Gasteiger partial charge in [0.2, 0.25) is 11.3 Å². The first-order valence-corrected chi connectivity index (χ1v) is 6.26. The van der Waals surface area contributed by atoms with E-state index in [4.69, 9.17) is 16.3 Å². The van der Waals surface area contributed by atoms with Gasteiger partial charge in [-0.25, -0.2) is 4.79 Å². The number of fused-ring (bicyclic) bond motifs is 1. The van der Waals surface area contributed by atoms with Gasteiger partial charge in [0.05, 0.1) is 7.11 Å². The Morgan fingerprint density at radius 1 is 1.53 bits per heavy atom. The first kappa shape index (κ1) is 13.6. The van der Waals surface area contributed by atoms with Crippen LogP contribution in [0, 0.1) is 6.92 Å². The van der Waals surface area contributed by atoms with Crippen LogP contribution in [0.3, 0.4) is 0 Å². The number of carbonyl (C=O) groups is 2. The minimum Gasteiger partial charge on any atom is -0.467 e. The lowest BCUT2D eigenvalue weighted by molar-refractivity contribution is -0.143. The normalized spacial score (nSPS) is 21.3. The van der Waals surface area contributed by atoms with Crippen molar-refractivity contribution < 1.29 is 14.3 Å². The van der Waals surface area contributed by atoms with Gasteiger partial charge in [0.1, 0.15) is 0 Å². The molecule has 1 heterocycles. The number of hydrogen-bond donors (Lipinski definition) is 1. The van der Waals surface area contributed by atoms with Crippen molar-refractivity contribution in [1.82, 2.24) is 0 Å². The Balaban J connectivity index is 2.49. The minimum atomic E-state index is -1.41. The lowest BCUT2D eigenvalue weighted by Crippen LogP contribution is -2.49. The molecule has 0 fully saturated rings. The number of nitrogens with one attached hydrogen (secondary N) is 1. The first-order valence-electron chi connectivity index (χ1n) is 5.82. The largest absolute Gasteiger partial charge is 0.467 e. The number of benzene rings is 1. The zero-order valence-electron chi connectivity index (χ0n) is 10.7. The Bertz CT molecular complexity index is 568. The molecule has 0 aliphatic carbocycles. The number of carbonyl (C=O) groups excluding carboxylic acids is 2. The highest BCUT2D eigenvalue weighted by atomic mass is 35.5. The second kappa shape index (κ2) is 5.05. The third kappa shape index (κ3) is 2.12. The molecule has 0 aromatic heterocycles. The van der Waals surface area contributed by atoms with Gasteiger partial charge in [-0.2, -0.15) is 0 Å². The molecule has 0 saturated heterocycles. The average Bonchev–Trinajstić information content (AvgIpc) is 2.70. The maximum absolute atomic E-state index is 12.5. The van der Waals surface area contributed by atoms with Gasteiger partial charge in [-0.3, -0.25) is 4.79 Å². The predicted molar refractivity (Wildman–Crippen MR) is 73.5 cm³/mol. The summed E-state index contributed by atoms with van der Waals surface area (Å²) in [6.07, 6.45) is 1.71. The minimum absolute atomic E-state index is 0.149. The number of anilines is 1. The van der Waals surface area contributed by atoms with E-state index in [9.17, 15) is 9.59 Å². The Hall–Kier alpha value is -1.81. The smallest absolute Gasteiger partial charge is 0.340 e. The number of halogens is 1. The number of rotatable bonds is 3. The van der Waals surface area contributed by atoms with Crippen LogP contribution in [0.15, 0.2) is 29.8 Å². The van der Waals surface area contributed by atoms with Crippen LogP contribution in [-0.2, 0) is 9.53 Å². The van der Waals surface area contributed by atoms with Crippen LogP contribution in [-0.4, -0.2) is 24.4 Å². The van der Waals surface area contributed by atoms with E-state index in [0.717, 1.165) is 5.56 Å². The van der Waals surface area contributed by atoms with Crippen molar-refractivity contribution in [3.8, 4) is 0 Å². The summed E-state index contributed by atoms with van der Waals surface area (Å²) in [5.74, 6) is -0.895. The van der Waals surface area contributed by atoms with Crippen molar-refractivity contribution in [1.29, 1.82) is 0 Å². The molecule has 0 bridgehead atoms. The van der Waals surface area contributed by atoms with Crippen molar-refractivity contribution in [2.45, 2.75) is 18.9 Å². The second-order valence-corrected chi connectivity index (χ2v) is 4.72. The number of ketones is 1. The molecule has 0 radical (unpaired) electrons. The van der Waals surface area contributed by atoms with E-state index < -0.39 is 11.5 Å². The number of aryl methyl sites for hydroxylation is 1. The SMILES string of the molecule is COC(=O)C1(C/C=C/Cl)Nc2ccc(C)cc2C1=O. The molecule has 100 valence electrons. The highest BCUT2D eigenvalue weighted by molar-refractivity contribution is 6.26. The van der Waals surface area contributed by atoms with Gasteiger partial charge in [0.15, 0.2) is 0 Å². The van der Waals surface area contributed by atoms with Crippen LogP contribution in [0.2, 0.25) is 0 Å². The third-order valence-electron chi connectivity index (χ3n) is 3.20. The van der Waals surface area contributed by atoms with Crippen molar-refractivity contribution in [3.05, 3.63) is 40.9 Å². The molecule has 19 heavy (non-hydrogen) atoms. The van der Waals surface area contributed by atoms with Crippen molar-refractivity contribution in [2.75, 3.05) is 12.4 Å². The number of ether oxygens (including phenoxy) is 1. The lowest BCUT2D eigenvalue weighted by Gasteiger charge is -2.23. The molecule has 5 heteroatoms. The molecule has 0 saturated carbocycles. The van der Waals surface area contributed by atoms with Crippen LogP contribution in [0.25, 0.3) is 0 Å². The van der Waals surface area contributed by atoms with Gasteiger partial charge >= 0.3 is 5.97 Å². The Kier molecular flexibility index (Phi) is 3.62. The van der Waals surface area contributed by atoms with E-state index in [2.05, 4.69) is 5.32 Å². The monoisotopic (exact) mass is 279 g/mol. The van der Waals surface area contributed by atoms with Crippen LogP contribution in [0.4, 0.5) is 5.69 Å². The topological polar surface area (TPSA) is 55.4 Å². The lowest BCUT2D eigenvalue weighted by atomic mass is 9.90. The molecule has 1 unspecified atom stereocenters. The molecule has 1 aromatic carbocycles. The average molecular weight is 280 g/mol. The highest BCUT2D eigenvalue weighted by Crippen LogP contribution is 2.36. The number of hydrogen-bond acceptors (Lipinski definition) is 4. The van der Waals surface area contributed by atoms with E-state index in [1.54, 1.807) is 18.2 Å². The second-order valence-electron chi connectivity index (χ2n) is 4.47. The molecule has 1 N–H and O–H groups in total. The van der Waals surface area contributed by atoms with Gasteiger partial charge in [-0.05, 0) is 19.1 Å². The van der Waals surface area contributed by atoms with Gasteiger partial charge < -0.3 is 10.1 Å².